The van der Waals surface area contributed by atoms with E-state index in [1.54, 1.807) is 6.20 Å². The average molecular weight is 512 g/mol. The molecular weight excluding hydrogens is 482 g/mol. The number of ether oxygens (including phenoxy) is 1. The van der Waals surface area contributed by atoms with Gasteiger partial charge in [0.2, 0.25) is 5.89 Å². The Morgan fingerprint density at radius 3 is 2.89 bits per heavy atom. The van der Waals surface area contributed by atoms with Crippen LogP contribution in [-0.2, 0) is 0 Å². The summed E-state index contributed by atoms with van der Waals surface area (Å²) in [6.45, 7) is 5.90. The number of nitrogens with zero attached hydrogens (tertiary/aromatic N) is 4. The highest BCUT2D eigenvalue weighted by molar-refractivity contribution is 5.93. The Hall–Kier alpha value is -4.60. The second-order valence-corrected chi connectivity index (χ2v) is 9.44. The van der Waals surface area contributed by atoms with Gasteiger partial charge in [0.05, 0.1) is 0 Å². The number of rotatable bonds is 6. The molecule has 4 heterocycles. The normalized spacial score (nSPS) is 15.6. The molecule has 10 heteroatoms. The lowest BCUT2D eigenvalue weighted by atomic mass is 10.1. The van der Waals surface area contributed by atoms with Gasteiger partial charge in [-0.15, -0.1) is 0 Å². The highest BCUT2D eigenvalue weighted by atomic mass is 16.5. The van der Waals surface area contributed by atoms with E-state index in [9.17, 15) is 4.79 Å². The minimum Gasteiger partial charge on any atom is -0.456 e. The molecule has 1 atom stereocenters. The fourth-order valence-electron chi connectivity index (χ4n) is 4.85. The molecule has 0 saturated carbocycles. The van der Waals surface area contributed by atoms with Crippen LogP contribution < -0.4 is 15.4 Å². The number of benzene rings is 2. The maximum Gasteiger partial charge on any atom is 0.317 e. The number of H-pyrrole nitrogens is 1. The van der Waals surface area contributed by atoms with Crippen molar-refractivity contribution < 1.29 is 13.9 Å². The fourth-order valence-corrected chi connectivity index (χ4v) is 4.85. The van der Waals surface area contributed by atoms with Crippen LogP contribution in [0.5, 0.6) is 11.5 Å². The Labute approximate surface area is 219 Å². The quantitative estimate of drug-likeness (QED) is 0.276. The third-order valence-corrected chi connectivity index (χ3v) is 6.74. The molecule has 0 spiro atoms. The fraction of sp³-hybridized carbons (Fsp3) is 0.286. The number of anilines is 1. The predicted octanol–water partition coefficient (Wildman–Crippen LogP) is 5.47. The molecule has 3 N–H and O–H groups in total. The Morgan fingerprint density at radius 1 is 1.21 bits per heavy atom. The topological polar surface area (TPSA) is 121 Å². The molecule has 0 unspecified atom stereocenters. The molecule has 1 aliphatic heterocycles. The van der Waals surface area contributed by atoms with Gasteiger partial charge in [0.1, 0.15) is 22.4 Å². The summed E-state index contributed by atoms with van der Waals surface area (Å²) in [6, 6.07) is 15.4. The molecule has 1 saturated heterocycles. The highest BCUT2D eigenvalue weighted by Gasteiger charge is 2.25. The summed E-state index contributed by atoms with van der Waals surface area (Å²) >= 11 is 0. The molecular formula is C28H29N7O3. The van der Waals surface area contributed by atoms with Crippen molar-refractivity contribution in [1.82, 2.24) is 30.4 Å². The standard InChI is InChI=1S/C28H29N7O3/c1-3-29-28(36)35-15-5-7-19(16-35)31-26-23-22(13-14-30-25(23)33-34-26)37-20-11-9-18(10-12-20)27-32-21-8-4-6-17(2)24(21)38-27/h4,6,8-14,19H,3,5,7,15-16H2,1-2H3,(H,29,36)(H2,30,31,33,34)/t19-/m1/s1. The molecule has 1 aliphatic rings. The van der Waals surface area contributed by atoms with Gasteiger partial charge in [-0.25, -0.2) is 14.8 Å². The van der Waals surface area contributed by atoms with E-state index in [-0.39, 0.29) is 12.1 Å². The molecule has 38 heavy (non-hydrogen) atoms. The maximum atomic E-state index is 12.3. The average Bonchev–Trinajstić information content (AvgIpc) is 3.56. The minimum absolute atomic E-state index is 0.0343. The molecule has 2 amide bonds. The summed E-state index contributed by atoms with van der Waals surface area (Å²) < 4.78 is 12.3. The molecule has 10 nitrogen and oxygen atoms in total. The maximum absolute atomic E-state index is 12.3. The number of carbonyl (C=O) groups excluding carboxylic acids is 1. The number of para-hydroxylation sites is 1. The second kappa shape index (κ2) is 10.0. The number of aryl methyl sites for hydroxylation is 1. The third-order valence-electron chi connectivity index (χ3n) is 6.74. The number of nitrogens with one attached hydrogen (secondary N) is 3. The number of carbonyl (C=O) groups is 1. The van der Waals surface area contributed by atoms with Crippen LogP contribution in [0.4, 0.5) is 10.6 Å². The van der Waals surface area contributed by atoms with Crippen LogP contribution in [0.2, 0.25) is 0 Å². The van der Waals surface area contributed by atoms with E-state index in [4.69, 9.17) is 9.15 Å². The summed E-state index contributed by atoms with van der Waals surface area (Å²) in [7, 11) is 0. The van der Waals surface area contributed by atoms with E-state index < -0.39 is 0 Å². The summed E-state index contributed by atoms with van der Waals surface area (Å²) in [4.78, 5) is 23.2. The predicted molar refractivity (Wildman–Crippen MR) is 145 cm³/mol. The minimum atomic E-state index is -0.0343. The van der Waals surface area contributed by atoms with Gasteiger partial charge in [-0.05, 0) is 62.6 Å². The van der Waals surface area contributed by atoms with Crippen LogP contribution in [0.25, 0.3) is 33.6 Å². The number of piperidine rings is 1. The van der Waals surface area contributed by atoms with Crippen LogP contribution >= 0.6 is 0 Å². The first kappa shape index (κ1) is 23.8. The molecule has 194 valence electrons. The third kappa shape index (κ3) is 4.60. The number of likely N-dealkylation sites (tertiary alicyclic amines) is 1. The van der Waals surface area contributed by atoms with Gasteiger partial charge < -0.3 is 24.7 Å². The van der Waals surface area contributed by atoms with Crippen molar-refractivity contribution in [3.05, 3.63) is 60.3 Å². The lowest BCUT2D eigenvalue weighted by Gasteiger charge is -2.33. The lowest BCUT2D eigenvalue weighted by molar-refractivity contribution is 0.183. The van der Waals surface area contributed by atoms with Crippen molar-refractivity contribution in [3.63, 3.8) is 0 Å². The Morgan fingerprint density at radius 2 is 2.08 bits per heavy atom. The van der Waals surface area contributed by atoms with Gasteiger partial charge >= 0.3 is 6.03 Å². The number of hydrogen-bond donors (Lipinski definition) is 3. The first-order valence-corrected chi connectivity index (χ1v) is 12.9. The second-order valence-electron chi connectivity index (χ2n) is 9.44. The van der Waals surface area contributed by atoms with E-state index >= 15 is 0 Å². The van der Waals surface area contributed by atoms with Gasteiger partial charge in [-0.2, -0.15) is 5.10 Å². The van der Waals surface area contributed by atoms with E-state index in [0.717, 1.165) is 47.0 Å². The lowest BCUT2D eigenvalue weighted by Crippen LogP contribution is -2.49. The number of urea groups is 1. The summed E-state index contributed by atoms with van der Waals surface area (Å²) in [6.07, 6.45) is 3.55. The number of fused-ring (bicyclic) bond motifs is 2. The van der Waals surface area contributed by atoms with E-state index in [1.165, 1.54) is 0 Å². The Kier molecular flexibility index (Phi) is 6.28. The summed E-state index contributed by atoms with van der Waals surface area (Å²) in [5.41, 5.74) is 4.19. The largest absolute Gasteiger partial charge is 0.456 e. The Balaban J connectivity index is 1.21. The molecule has 0 bridgehead atoms. The van der Waals surface area contributed by atoms with E-state index in [0.29, 0.717) is 41.9 Å². The smallest absolute Gasteiger partial charge is 0.317 e. The van der Waals surface area contributed by atoms with Crippen molar-refractivity contribution in [2.24, 2.45) is 0 Å². The molecule has 3 aromatic heterocycles. The summed E-state index contributed by atoms with van der Waals surface area (Å²) in [5.74, 6) is 2.53. The van der Waals surface area contributed by atoms with Crippen molar-refractivity contribution >= 4 is 34.0 Å². The Bertz CT molecular complexity index is 1590. The van der Waals surface area contributed by atoms with Gasteiger partial charge in [0.25, 0.3) is 0 Å². The van der Waals surface area contributed by atoms with E-state index in [2.05, 4.69) is 30.8 Å². The molecule has 2 aromatic carbocycles. The van der Waals surface area contributed by atoms with Crippen LogP contribution in [0.1, 0.15) is 25.3 Å². The number of pyridine rings is 1. The zero-order valence-corrected chi connectivity index (χ0v) is 21.3. The molecule has 0 radical (unpaired) electrons. The van der Waals surface area contributed by atoms with Gasteiger partial charge in [0.15, 0.2) is 17.0 Å². The van der Waals surface area contributed by atoms with Crippen LogP contribution in [0, 0.1) is 6.92 Å². The van der Waals surface area contributed by atoms with Crippen molar-refractivity contribution in [2.45, 2.75) is 32.7 Å². The number of aromatic amines is 1. The zero-order valence-electron chi connectivity index (χ0n) is 21.3. The van der Waals surface area contributed by atoms with Gasteiger partial charge in [0, 0.05) is 43.5 Å². The van der Waals surface area contributed by atoms with E-state index in [1.807, 2.05) is 67.3 Å². The van der Waals surface area contributed by atoms with Crippen LogP contribution in [0.3, 0.4) is 0 Å². The van der Waals surface area contributed by atoms with Crippen molar-refractivity contribution in [3.8, 4) is 23.0 Å². The first-order valence-electron chi connectivity index (χ1n) is 12.9. The number of oxazole rings is 1. The summed E-state index contributed by atoms with van der Waals surface area (Å²) in [5, 5.41) is 14.6. The van der Waals surface area contributed by atoms with Gasteiger partial charge in [-0.1, -0.05) is 12.1 Å². The molecule has 0 aliphatic carbocycles. The van der Waals surface area contributed by atoms with Crippen molar-refractivity contribution in [1.29, 1.82) is 0 Å². The van der Waals surface area contributed by atoms with Crippen molar-refractivity contribution in [2.75, 3.05) is 25.0 Å². The zero-order chi connectivity index (χ0) is 26.1. The van der Waals surface area contributed by atoms with Gasteiger partial charge in [-0.3, -0.25) is 5.10 Å². The number of amides is 2. The SMILES string of the molecule is CCNC(=O)N1CCC[C@@H](Nc2n[nH]c3nccc(Oc4ccc(-c5nc6cccc(C)c6o5)cc4)c23)C1. The van der Waals surface area contributed by atoms with Crippen LogP contribution in [-0.4, -0.2) is 56.8 Å². The van der Waals surface area contributed by atoms with Crippen LogP contribution in [0.15, 0.2) is 59.1 Å². The number of aromatic nitrogens is 4. The monoisotopic (exact) mass is 511 g/mol. The molecule has 6 rings (SSSR count). The number of hydrogen-bond acceptors (Lipinski definition) is 7. The highest BCUT2D eigenvalue weighted by Crippen LogP contribution is 2.34. The molecule has 1 fully saturated rings. The first-order chi connectivity index (χ1) is 18.6. The molecule has 5 aromatic rings.